The van der Waals surface area contributed by atoms with Crippen molar-refractivity contribution >= 4 is 0 Å². The van der Waals surface area contributed by atoms with E-state index in [1.165, 1.54) is 32.2 Å². The first kappa shape index (κ1) is 13.9. The van der Waals surface area contributed by atoms with Crippen LogP contribution in [0.4, 0.5) is 0 Å². The molecule has 0 atom stereocenters. The van der Waals surface area contributed by atoms with E-state index in [0.29, 0.717) is 6.04 Å². The van der Waals surface area contributed by atoms with Crippen LogP contribution in [0, 0.1) is 0 Å². The van der Waals surface area contributed by atoms with Crippen LogP contribution in [-0.4, -0.2) is 50.2 Å². The van der Waals surface area contributed by atoms with Gasteiger partial charge in [0.2, 0.25) is 0 Å². The smallest absolute Gasteiger partial charge is 0.0112 e. The van der Waals surface area contributed by atoms with Crippen LogP contribution in [0.1, 0.15) is 39.5 Å². The summed E-state index contributed by atoms with van der Waals surface area (Å²) in [6.45, 7) is 9.11. The van der Waals surface area contributed by atoms with Crippen LogP contribution in [0.15, 0.2) is 0 Å². The van der Waals surface area contributed by atoms with Gasteiger partial charge in [0.1, 0.15) is 0 Å². The summed E-state index contributed by atoms with van der Waals surface area (Å²) in [7, 11) is 2.00. The van der Waals surface area contributed by atoms with E-state index in [-0.39, 0.29) is 0 Å². The van der Waals surface area contributed by atoms with Crippen molar-refractivity contribution in [2.45, 2.75) is 51.6 Å². The second-order valence-corrected chi connectivity index (χ2v) is 5.12. The largest absolute Gasteiger partial charge is 0.318 e. The Bertz CT molecular complexity index is 165. The fourth-order valence-electron chi connectivity index (χ4n) is 2.64. The van der Waals surface area contributed by atoms with E-state index in [9.17, 15) is 0 Å². The molecule has 3 nitrogen and oxygen atoms in total. The standard InChI is InChI=1S/C13H29N3/c1-12(2)16(13-6-4-5-7-13)11-10-15-9-8-14-3/h12-15H,4-11H2,1-3H3. The van der Waals surface area contributed by atoms with E-state index in [1.807, 2.05) is 7.05 Å². The van der Waals surface area contributed by atoms with Crippen LogP contribution in [0.25, 0.3) is 0 Å². The van der Waals surface area contributed by atoms with Gasteiger partial charge >= 0.3 is 0 Å². The molecule has 1 fully saturated rings. The highest BCUT2D eigenvalue weighted by Crippen LogP contribution is 2.24. The Kier molecular flexibility index (Phi) is 7.01. The summed E-state index contributed by atoms with van der Waals surface area (Å²) < 4.78 is 0. The summed E-state index contributed by atoms with van der Waals surface area (Å²) in [5, 5.41) is 6.65. The molecule has 0 saturated heterocycles. The van der Waals surface area contributed by atoms with Gasteiger partial charge in [-0.3, -0.25) is 4.90 Å². The third-order valence-corrected chi connectivity index (χ3v) is 3.56. The predicted octanol–water partition coefficient (Wildman–Crippen LogP) is 1.45. The number of nitrogens with one attached hydrogen (secondary N) is 2. The van der Waals surface area contributed by atoms with Crippen LogP contribution in [0.3, 0.4) is 0 Å². The van der Waals surface area contributed by atoms with Crippen molar-refractivity contribution in [3.8, 4) is 0 Å². The van der Waals surface area contributed by atoms with Crippen LogP contribution in [-0.2, 0) is 0 Å². The monoisotopic (exact) mass is 227 g/mol. The van der Waals surface area contributed by atoms with Crippen LogP contribution >= 0.6 is 0 Å². The first-order valence-corrected chi connectivity index (χ1v) is 6.86. The van der Waals surface area contributed by atoms with Gasteiger partial charge in [-0.25, -0.2) is 0 Å². The molecule has 0 amide bonds. The highest BCUT2D eigenvalue weighted by molar-refractivity contribution is 4.80. The lowest BCUT2D eigenvalue weighted by atomic mass is 10.1. The molecule has 0 heterocycles. The minimum absolute atomic E-state index is 0.689. The number of hydrogen-bond donors (Lipinski definition) is 2. The van der Waals surface area contributed by atoms with Gasteiger partial charge < -0.3 is 10.6 Å². The van der Waals surface area contributed by atoms with Gasteiger partial charge in [-0.1, -0.05) is 12.8 Å². The summed E-state index contributed by atoms with van der Waals surface area (Å²) in [6, 6.07) is 1.54. The second-order valence-electron chi connectivity index (χ2n) is 5.12. The first-order chi connectivity index (χ1) is 7.75. The van der Waals surface area contributed by atoms with Gasteiger partial charge in [-0.15, -0.1) is 0 Å². The molecule has 0 aromatic heterocycles. The molecule has 2 N–H and O–H groups in total. The Morgan fingerprint density at radius 1 is 1.12 bits per heavy atom. The third kappa shape index (κ3) is 4.81. The number of hydrogen-bond acceptors (Lipinski definition) is 3. The molecule has 0 bridgehead atoms. The van der Waals surface area contributed by atoms with E-state index in [4.69, 9.17) is 0 Å². The van der Waals surface area contributed by atoms with Crippen molar-refractivity contribution in [3.63, 3.8) is 0 Å². The molecule has 1 rings (SSSR count). The Morgan fingerprint density at radius 3 is 2.38 bits per heavy atom. The molecular formula is C13H29N3. The van der Waals surface area contributed by atoms with Gasteiger partial charge in [0.25, 0.3) is 0 Å². The Morgan fingerprint density at radius 2 is 1.81 bits per heavy atom. The number of rotatable bonds is 8. The average Bonchev–Trinajstić information content (AvgIpc) is 2.76. The third-order valence-electron chi connectivity index (χ3n) is 3.56. The first-order valence-electron chi connectivity index (χ1n) is 6.86. The van der Waals surface area contributed by atoms with Gasteiger partial charge in [-0.05, 0) is 33.7 Å². The SMILES string of the molecule is CNCCNCCN(C(C)C)C1CCCC1. The highest BCUT2D eigenvalue weighted by Gasteiger charge is 2.23. The molecule has 0 aromatic rings. The van der Waals surface area contributed by atoms with Gasteiger partial charge in [0.05, 0.1) is 0 Å². The zero-order chi connectivity index (χ0) is 11.8. The molecular weight excluding hydrogens is 198 g/mol. The predicted molar refractivity (Wildman–Crippen MR) is 70.9 cm³/mol. The van der Waals surface area contributed by atoms with Crippen molar-refractivity contribution in [2.75, 3.05) is 33.2 Å². The normalized spacial score (nSPS) is 17.8. The molecule has 0 aliphatic heterocycles. The Hall–Kier alpha value is -0.120. The minimum Gasteiger partial charge on any atom is -0.318 e. The Balaban J connectivity index is 2.17. The summed E-state index contributed by atoms with van der Waals surface area (Å²) in [5.74, 6) is 0. The highest BCUT2D eigenvalue weighted by atomic mass is 15.2. The van der Waals surface area contributed by atoms with E-state index in [1.54, 1.807) is 0 Å². The van der Waals surface area contributed by atoms with E-state index in [0.717, 1.165) is 25.7 Å². The summed E-state index contributed by atoms with van der Waals surface area (Å²) in [5.41, 5.74) is 0. The molecule has 0 radical (unpaired) electrons. The lowest BCUT2D eigenvalue weighted by Crippen LogP contribution is -2.43. The van der Waals surface area contributed by atoms with Gasteiger partial charge in [-0.2, -0.15) is 0 Å². The molecule has 0 aromatic carbocycles. The quantitative estimate of drug-likeness (QED) is 0.615. The van der Waals surface area contributed by atoms with Crippen LogP contribution in [0.2, 0.25) is 0 Å². The van der Waals surface area contributed by atoms with E-state index < -0.39 is 0 Å². The average molecular weight is 227 g/mol. The Labute approximate surface area is 101 Å². The lowest BCUT2D eigenvalue weighted by molar-refractivity contribution is 0.156. The molecule has 16 heavy (non-hydrogen) atoms. The zero-order valence-corrected chi connectivity index (χ0v) is 11.3. The molecule has 96 valence electrons. The molecule has 3 heteroatoms. The van der Waals surface area contributed by atoms with Gasteiger partial charge in [0.15, 0.2) is 0 Å². The number of nitrogens with zero attached hydrogens (tertiary/aromatic N) is 1. The fraction of sp³-hybridized carbons (Fsp3) is 1.00. The molecule has 1 saturated carbocycles. The lowest BCUT2D eigenvalue weighted by Gasteiger charge is -2.32. The van der Waals surface area contributed by atoms with E-state index in [2.05, 4.69) is 29.4 Å². The maximum Gasteiger partial charge on any atom is 0.0112 e. The van der Waals surface area contributed by atoms with Crippen molar-refractivity contribution in [3.05, 3.63) is 0 Å². The summed E-state index contributed by atoms with van der Waals surface area (Å²) >= 11 is 0. The maximum absolute atomic E-state index is 3.49. The number of likely N-dealkylation sites (N-methyl/N-ethyl adjacent to an activating group) is 1. The van der Waals surface area contributed by atoms with Crippen molar-refractivity contribution in [2.24, 2.45) is 0 Å². The molecule has 0 spiro atoms. The molecule has 0 unspecified atom stereocenters. The zero-order valence-electron chi connectivity index (χ0n) is 11.3. The van der Waals surface area contributed by atoms with Crippen molar-refractivity contribution in [1.82, 2.24) is 15.5 Å². The minimum atomic E-state index is 0.689. The van der Waals surface area contributed by atoms with Crippen molar-refractivity contribution < 1.29 is 0 Å². The molecule has 1 aliphatic carbocycles. The van der Waals surface area contributed by atoms with Crippen molar-refractivity contribution in [1.29, 1.82) is 0 Å². The maximum atomic E-state index is 3.49. The van der Waals surface area contributed by atoms with Crippen LogP contribution < -0.4 is 10.6 Å². The molecule has 1 aliphatic rings. The topological polar surface area (TPSA) is 27.3 Å². The van der Waals surface area contributed by atoms with E-state index >= 15 is 0 Å². The van der Waals surface area contributed by atoms with Crippen LogP contribution in [0.5, 0.6) is 0 Å². The van der Waals surface area contributed by atoms with Gasteiger partial charge in [0, 0.05) is 38.3 Å². The fourth-order valence-corrected chi connectivity index (χ4v) is 2.64. The second kappa shape index (κ2) is 8.04. The summed E-state index contributed by atoms with van der Waals surface area (Å²) in [6.07, 6.45) is 5.69. The summed E-state index contributed by atoms with van der Waals surface area (Å²) in [4.78, 5) is 2.68.